The van der Waals surface area contributed by atoms with Gasteiger partial charge in [-0.2, -0.15) is 0 Å². The summed E-state index contributed by atoms with van der Waals surface area (Å²) in [7, 11) is 1.66. The molecule has 2 aromatic carbocycles. The van der Waals surface area contributed by atoms with E-state index in [0.29, 0.717) is 24.9 Å². The Balaban J connectivity index is 1.41. The molecule has 4 rings (SSSR count). The number of benzene rings is 2. The molecule has 0 saturated carbocycles. The third kappa shape index (κ3) is 6.94. The zero-order chi connectivity index (χ0) is 26.4. The summed E-state index contributed by atoms with van der Waals surface area (Å²) in [6.45, 7) is 0.258. The minimum atomic E-state index is -0.997. The van der Waals surface area contributed by atoms with E-state index in [9.17, 15) is 24.3 Å². The Morgan fingerprint density at radius 3 is 2.27 bits per heavy atom. The molecule has 2 saturated heterocycles. The van der Waals surface area contributed by atoms with Crippen LogP contribution in [-0.2, 0) is 20.8 Å². The molecule has 0 aliphatic carbocycles. The van der Waals surface area contributed by atoms with Gasteiger partial charge in [-0.05, 0) is 31.2 Å². The molecule has 2 atom stereocenters. The van der Waals surface area contributed by atoms with Crippen molar-refractivity contribution in [2.24, 2.45) is 0 Å². The van der Waals surface area contributed by atoms with Crippen LogP contribution in [0.3, 0.4) is 0 Å². The highest BCUT2D eigenvalue weighted by Crippen LogP contribution is 2.51. The van der Waals surface area contributed by atoms with E-state index in [-0.39, 0.29) is 34.8 Å². The number of hydrogen-bond donors (Lipinski definition) is 2. The topological polar surface area (TPSA) is 107 Å². The molecule has 2 amide bonds. The molecule has 2 aromatic rings. The van der Waals surface area contributed by atoms with E-state index in [4.69, 9.17) is 0 Å². The first kappa shape index (κ1) is 27.2. The third-order valence-corrected chi connectivity index (χ3v) is 9.98. The van der Waals surface area contributed by atoms with Gasteiger partial charge in [-0.1, -0.05) is 48.5 Å². The van der Waals surface area contributed by atoms with Crippen molar-refractivity contribution in [2.45, 2.75) is 29.0 Å². The van der Waals surface area contributed by atoms with Crippen LogP contribution in [0, 0.1) is 0 Å². The molecular weight excluding hydrogens is 510 g/mol. The molecule has 0 bridgehead atoms. The summed E-state index contributed by atoms with van der Waals surface area (Å²) >= 11 is 3.46. The predicted molar refractivity (Wildman–Crippen MR) is 146 cm³/mol. The van der Waals surface area contributed by atoms with Crippen molar-refractivity contribution >= 4 is 47.1 Å². The van der Waals surface area contributed by atoms with E-state index in [0.717, 1.165) is 17.1 Å². The molecule has 2 aliphatic rings. The molecule has 196 valence electrons. The first-order chi connectivity index (χ1) is 17.8. The minimum absolute atomic E-state index is 0.0570. The van der Waals surface area contributed by atoms with E-state index < -0.39 is 18.1 Å². The number of nitrogens with zero attached hydrogens (tertiary/aromatic N) is 2. The Morgan fingerprint density at radius 2 is 1.65 bits per heavy atom. The van der Waals surface area contributed by atoms with Crippen molar-refractivity contribution in [1.82, 2.24) is 15.1 Å². The molecular formula is C27H31N3O5S2. The van der Waals surface area contributed by atoms with Crippen molar-refractivity contribution in [2.75, 3.05) is 38.2 Å². The Hall–Kier alpha value is -2.82. The maximum Gasteiger partial charge on any atom is 0.326 e. The van der Waals surface area contributed by atoms with Gasteiger partial charge in [-0.3, -0.25) is 19.3 Å². The number of likely N-dealkylation sites (N-methyl/N-ethyl adjacent to an activating group) is 1. The maximum absolute atomic E-state index is 13.3. The zero-order valence-electron chi connectivity index (χ0n) is 20.7. The number of nitrogens with one attached hydrogen (secondary N) is 1. The second-order valence-electron chi connectivity index (χ2n) is 9.41. The Morgan fingerprint density at radius 1 is 1.03 bits per heavy atom. The van der Waals surface area contributed by atoms with Crippen LogP contribution in [0.25, 0.3) is 0 Å². The largest absolute Gasteiger partial charge is 0.480 e. The molecule has 1 unspecified atom stereocenters. The van der Waals surface area contributed by atoms with Gasteiger partial charge in [0.1, 0.15) is 6.04 Å². The van der Waals surface area contributed by atoms with Crippen LogP contribution in [0.5, 0.6) is 0 Å². The molecule has 2 aliphatic heterocycles. The highest BCUT2D eigenvalue weighted by atomic mass is 32.2. The monoisotopic (exact) mass is 541 g/mol. The summed E-state index contributed by atoms with van der Waals surface area (Å²) in [4.78, 5) is 54.2. The predicted octanol–water partition coefficient (Wildman–Crippen LogP) is 2.39. The van der Waals surface area contributed by atoms with Gasteiger partial charge in [0, 0.05) is 30.0 Å². The molecule has 2 fully saturated rings. The van der Waals surface area contributed by atoms with Crippen LogP contribution in [0.2, 0.25) is 0 Å². The molecule has 0 radical (unpaired) electrons. The normalized spacial score (nSPS) is 19.2. The fraction of sp³-hybridized carbons (Fsp3) is 0.407. The fourth-order valence-corrected chi connectivity index (χ4v) is 7.96. The molecule has 1 spiro atoms. The summed E-state index contributed by atoms with van der Waals surface area (Å²) in [6.07, 6.45) is 0.751. The number of thioether (sulfide) groups is 2. The molecule has 2 heterocycles. The minimum Gasteiger partial charge on any atom is -0.480 e. The summed E-state index contributed by atoms with van der Waals surface area (Å²) in [5.41, 5.74) is 1.37. The van der Waals surface area contributed by atoms with Gasteiger partial charge in [0.2, 0.25) is 5.91 Å². The van der Waals surface area contributed by atoms with Crippen LogP contribution in [0.15, 0.2) is 60.7 Å². The smallest absolute Gasteiger partial charge is 0.326 e. The summed E-state index contributed by atoms with van der Waals surface area (Å²) < 4.78 is -0.254. The Bertz CT molecular complexity index is 1130. The highest BCUT2D eigenvalue weighted by Gasteiger charge is 2.51. The lowest BCUT2D eigenvalue weighted by Crippen LogP contribution is -2.49. The molecule has 0 aromatic heterocycles. The van der Waals surface area contributed by atoms with Crippen molar-refractivity contribution in [1.29, 1.82) is 0 Å². The standard InChI is InChI=1S/C27H31N3O5S2/c1-29(17-24(32)30-18-27(36-12-13-37-27)15-22(30)26(34)35)16-23(31)21(14-19-8-4-2-5-9-19)28-25(33)20-10-6-3-7-11-20/h2-11,21-22H,12-18H2,1H3,(H,28,33)(H,34,35)/t21?,22-/m0/s1. The van der Waals surface area contributed by atoms with Gasteiger partial charge < -0.3 is 15.3 Å². The van der Waals surface area contributed by atoms with Crippen LogP contribution in [0.4, 0.5) is 0 Å². The van der Waals surface area contributed by atoms with Crippen molar-refractivity contribution in [3.8, 4) is 0 Å². The number of amides is 2. The van der Waals surface area contributed by atoms with E-state index in [1.165, 1.54) is 4.90 Å². The first-order valence-corrected chi connectivity index (χ1v) is 14.1. The number of ketones is 1. The fourth-order valence-electron chi connectivity index (χ4n) is 4.71. The van der Waals surface area contributed by atoms with Gasteiger partial charge in [-0.15, -0.1) is 23.5 Å². The number of carbonyl (C=O) groups excluding carboxylic acids is 3. The lowest BCUT2D eigenvalue weighted by Gasteiger charge is -2.26. The summed E-state index contributed by atoms with van der Waals surface area (Å²) in [5.74, 6) is 0.0321. The number of hydrogen-bond acceptors (Lipinski definition) is 7. The summed E-state index contributed by atoms with van der Waals surface area (Å²) in [6, 6.07) is 16.5. The average Bonchev–Trinajstić information content (AvgIpc) is 3.51. The van der Waals surface area contributed by atoms with Crippen molar-refractivity contribution in [3.63, 3.8) is 0 Å². The van der Waals surface area contributed by atoms with E-state index >= 15 is 0 Å². The molecule has 2 N–H and O–H groups in total. The van der Waals surface area contributed by atoms with E-state index in [1.54, 1.807) is 59.7 Å². The quantitative estimate of drug-likeness (QED) is 0.472. The average molecular weight is 542 g/mol. The summed E-state index contributed by atoms with van der Waals surface area (Å²) in [5, 5.41) is 12.6. The van der Waals surface area contributed by atoms with Gasteiger partial charge in [0.15, 0.2) is 5.78 Å². The second kappa shape index (κ2) is 12.1. The number of likely N-dealkylation sites (tertiary alicyclic amines) is 1. The number of carbonyl (C=O) groups is 4. The maximum atomic E-state index is 13.3. The number of rotatable bonds is 10. The number of Topliss-reactive ketones (excluding diaryl/α,β-unsaturated/α-hetero) is 1. The van der Waals surface area contributed by atoms with E-state index in [1.807, 2.05) is 36.4 Å². The van der Waals surface area contributed by atoms with Crippen LogP contribution in [-0.4, -0.2) is 92.8 Å². The van der Waals surface area contributed by atoms with Gasteiger partial charge in [0.25, 0.3) is 5.91 Å². The van der Waals surface area contributed by atoms with Crippen molar-refractivity contribution < 1.29 is 24.3 Å². The number of carboxylic acids is 1. The SMILES string of the molecule is CN(CC(=O)C(Cc1ccccc1)NC(=O)c1ccccc1)CC(=O)N1CC2(C[C@H]1C(=O)O)SCCS2. The highest BCUT2D eigenvalue weighted by molar-refractivity contribution is 8.21. The van der Waals surface area contributed by atoms with Gasteiger partial charge >= 0.3 is 5.97 Å². The zero-order valence-corrected chi connectivity index (χ0v) is 22.3. The number of aliphatic carboxylic acids is 1. The lowest BCUT2D eigenvalue weighted by molar-refractivity contribution is -0.148. The number of carboxylic acid groups (broad SMARTS) is 1. The van der Waals surface area contributed by atoms with Crippen LogP contribution < -0.4 is 5.32 Å². The van der Waals surface area contributed by atoms with Crippen LogP contribution >= 0.6 is 23.5 Å². The molecule has 10 heteroatoms. The first-order valence-electron chi connectivity index (χ1n) is 12.2. The Kier molecular flexibility index (Phi) is 8.94. The van der Waals surface area contributed by atoms with Crippen molar-refractivity contribution in [3.05, 3.63) is 71.8 Å². The molecule has 8 nitrogen and oxygen atoms in total. The molecule has 37 heavy (non-hydrogen) atoms. The van der Waals surface area contributed by atoms with Gasteiger partial charge in [-0.25, -0.2) is 4.79 Å². The van der Waals surface area contributed by atoms with Crippen LogP contribution in [0.1, 0.15) is 22.3 Å². The Labute approximate surface area is 225 Å². The lowest BCUT2D eigenvalue weighted by atomic mass is 10.0. The third-order valence-electron chi connectivity index (χ3n) is 6.55. The van der Waals surface area contributed by atoms with E-state index in [2.05, 4.69) is 5.32 Å². The second-order valence-corrected chi connectivity index (χ2v) is 12.6. The van der Waals surface area contributed by atoms with Gasteiger partial charge in [0.05, 0.1) is 23.2 Å².